The average molecular weight is 410 g/mol. The molecule has 2 N–H and O–H groups in total. The molecule has 3 rings (SSSR count). The van der Waals surface area contributed by atoms with Gasteiger partial charge in [-0.1, -0.05) is 36.4 Å². The van der Waals surface area contributed by atoms with Crippen molar-refractivity contribution in [3.8, 4) is 0 Å². The second-order valence-corrected chi connectivity index (χ2v) is 7.55. The van der Waals surface area contributed by atoms with Crippen LogP contribution in [0.4, 0.5) is 0 Å². The number of carbonyl (C=O) groups is 2. The lowest BCUT2D eigenvalue weighted by Crippen LogP contribution is -2.36. The summed E-state index contributed by atoms with van der Waals surface area (Å²) in [6.07, 6.45) is 3.71. The van der Waals surface area contributed by atoms with Gasteiger partial charge in [0.2, 0.25) is 5.43 Å². The zero-order valence-corrected chi connectivity index (χ0v) is 17.0. The Labute approximate surface area is 173 Å². The highest BCUT2D eigenvalue weighted by Gasteiger charge is 2.19. The second-order valence-electron chi connectivity index (χ2n) is 6.52. The molecule has 2 heterocycles. The van der Waals surface area contributed by atoms with E-state index in [1.165, 1.54) is 12.4 Å². The molecule has 0 saturated heterocycles. The summed E-state index contributed by atoms with van der Waals surface area (Å²) >= 11 is 1.62. The van der Waals surface area contributed by atoms with E-state index >= 15 is 0 Å². The first-order chi connectivity index (χ1) is 14.1. The first-order valence-corrected chi connectivity index (χ1v) is 10.3. The first-order valence-electron chi connectivity index (χ1n) is 9.45. The summed E-state index contributed by atoms with van der Waals surface area (Å²) in [6, 6.07) is 13.6. The Hall–Kier alpha value is -3.19. The number of thiophene rings is 1. The molecular weight excluding hydrogens is 386 g/mol. The topological polar surface area (TPSA) is 80.2 Å². The van der Waals surface area contributed by atoms with Crippen LogP contribution in [0.5, 0.6) is 0 Å². The maximum absolute atomic E-state index is 12.8. The smallest absolute Gasteiger partial charge is 0.256 e. The van der Waals surface area contributed by atoms with E-state index in [-0.39, 0.29) is 11.1 Å². The Morgan fingerprint density at radius 1 is 0.966 bits per heavy atom. The van der Waals surface area contributed by atoms with Crippen LogP contribution in [0, 0.1) is 0 Å². The van der Waals surface area contributed by atoms with E-state index < -0.39 is 17.2 Å². The number of nitrogens with zero attached hydrogens (tertiary/aromatic N) is 1. The van der Waals surface area contributed by atoms with Crippen molar-refractivity contribution in [3.05, 3.63) is 92.0 Å². The highest BCUT2D eigenvalue weighted by Crippen LogP contribution is 2.09. The van der Waals surface area contributed by atoms with Gasteiger partial charge in [0.15, 0.2) is 0 Å². The van der Waals surface area contributed by atoms with Crippen LogP contribution < -0.4 is 16.1 Å². The van der Waals surface area contributed by atoms with Crippen molar-refractivity contribution in [1.29, 1.82) is 0 Å². The summed E-state index contributed by atoms with van der Waals surface area (Å²) in [4.78, 5) is 39.0. The van der Waals surface area contributed by atoms with Crippen molar-refractivity contribution in [2.45, 2.75) is 19.9 Å². The number of nitrogens with one attached hydrogen (secondary N) is 2. The Morgan fingerprint density at radius 2 is 1.66 bits per heavy atom. The van der Waals surface area contributed by atoms with E-state index in [9.17, 15) is 14.4 Å². The molecule has 0 fully saturated rings. The van der Waals surface area contributed by atoms with E-state index in [1.807, 2.05) is 47.8 Å². The molecule has 0 radical (unpaired) electrons. The zero-order valence-electron chi connectivity index (χ0n) is 16.2. The van der Waals surface area contributed by atoms with Gasteiger partial charge in [-0.15, -0.1) is 11.3 Å². The largest absolute Gasteiger partial charge is 0.352 e. The number of rotatable bonds is 8. The number of pyridine rings is 1. The van der Waals surface area contributed by atoms with E-state index in [1.54, 1.807) is 22.8 Å². The number of amides is 2. The zero-order chi connectivity index (χ0) is 20.6. The molecule has 6 nitrogen and oxygen atoms in total. The van der Waals surface area contributed by atoms with Crippen molar-refractivity contribution < 1.29 is 9.59 Å². The third kappa shape index (κ3) is 5.42. The molecule has 7 heteroatoms. The lowest BCUT2D eigenvalue weighted by Gasteiger charge is -2.12. The standard InChI is InChI=1S/C22H23N3O3S/c1-2-23-21(27)18-14-25(13-16-7-4-3-5-8-16)15-19(20(18)26)22(28)24-11-10-17-9-6-12-29-17/h3-9,12,14-15H,2,10-11,13H2,1H3,(H,23,27)(H,24,28). The highest BCUT2D eigenvalue weighted by molar-refractivity contribution is 7.09. The summed E-state index contributed by atoms with van der Waals surface area (Å²) in [6.45, 7) is 3.04. The number of carbonyl (C=O) groups excluding carboxylic acids is 2. The van der Waals surface area contributed by atoms with Crippen LogP contribution in [-0.2, 0) is 13.0 Å². The minimum absolute atomic E-state index is 0.0316. The van der Waals surface area contributed by atoms with Gasteiger partial charge in [0.1, 0.15) is 11.1 Å². The molecule has 1 aromatic carbocycles. The van der Waals surface area contributed by atoms with Gasteiger partial charge in [0.05, 0.1) is 0 Å². The van der Waals surface area contributed by atoms with Crippen LogP contribution in [0.2, 0.25) is 0 Å². The Balaban J connectivity index is 1.85. The van der Waals surface area contributed by atoms with Gasteiger partial charge in [-0.3, -0.25) is 14.4 Å². The molecule has 29 heavy (non-hydrogen) atoms. The SMILES string of the molecule is CCNC(=O)c1cn(Cc2ccccc2)cc(C(=O)NCCc2cccs2)c1=O. The molecule has 0 aliphatic heterocycles. The molecule has 0 saturated carbocycles. The van der Waals surface area contributed by atoms with Crippen molar-refractivity contribution in [2.24, 2.45) is 0 Å². The summed E-state index contributed by atoms with van der Waals surface area (Å²) < 4.78 is 1.70. The Bertz CT molecular complexity index is 1030. The monoisotopic (exact) mass is 409 g/mol. The average Bonchev–Trinajstić information content (AvgIpc) is 3.23. The minimum Gasteiger partial charge on any atom is -0.352 e. The van der Waals surface area contributed by atoms with Gasteiger partial charge in [0.25, 0.3) is 11.8 Å². The summed E-state index contributed by atoms with van der Waals surface area (Å²) in [5.41, 5.74) is 0.375. The van der Waals surface area contributed by atoms with Gasteiger partial charge in [0, 0.05) is 36.9 Å². The summed E-state index contributed by atoms with van der Waals surface area (Å²) in [5.74, 6) is -0.952. The third-order valence-corrected chi connectivity index (χ3v) is 5.29. The van der Waals surface area contributed by atoms with Gasteiger partial charge in [-0.2, -0.15) is 0 Å². The van der Waals surface area contributed by atoms with Crippen molar-refractivity contribution >= 4 is 23.2 Å². The van der Waals surface area contributed by atoms with Crippen LogP contribution in [-0.4, -0.2) is 29.5 Å². The van der Waals surface area contributed by atoms with Crippen LogP contribution in [0.15, 0.2) is 65.0 Å². The molecule has 0 aliphatic rings. The van der Waals surface area contributed by atoms with Crippen LogP contribution >= 0.6 is 11.3 Å². The van der Waals surface area contributed by atoms with Crippen LogP contribution in [0.1, 0.15) is 38.1 Å². The number of hydrogen-bond donors (Lipinski definition) is 2. The van der Waals surface area contributed by atoms with E-state index in [2.05, 4.69) is 10.6 Å². The number of benzene rings is 1. The van der Waals surface area contributed by atoms with Crippen molar-refractivity contribution in [2.75, 3.05) is 13.1 Å². The molecule has 0 atom stereocenters. The summed E-state index contributed by atoms with van der Waals surface area (Å²) in [5, 5.41) is 7.41. The van der Waals surface area contributed by atoms with Crippen molar-refractivity contribution in [1.82, 2.24) is 15.2 Å². The van der Waals surface area contributed by atoms with E-state index in [0.29, 0.717) is 26.1 Å². The van der Waals surface area contributed by atoms with E-state index in [0.717, 1.165) is 10.4 Å². The maximum atomic E-state index is 12.8. The van der Waals surface area contributed by atoms with E-state index in [4.69, 9.17) is 0 Å². The fraction of sp³-hybridized carbons (Fsp3) is 0.227. The lowest BCUT2D eigenvalue weighted by atomic mass is 10.1. The molecule has 0 unspecified atom stereocenters. The highest BCUT2D eigenvalue weighted by atomic mass is 32.1. The molecular formula is C22H23N3O3S. The van der Waals surface area contributed by atoms with Gasteiger partial charge >= 0.3 is 0 Å². The molecule has 150 valence electrons. The molecule has 0 spiro atoms. The fourth-order valence-electron chi connectivity index (χ4n) is 2.95. The molecule has 2 amide bonds. The summed E-state index contributed by atoms with van der Waals surface area (Å²) in [7, 11) is 0. The maximum Gasteiger partial charge on any atom is 0.256 e. The normalized spacial score (nSPS) is 10.5. The second kappa shape index (κ2) is 9.84. The predicted molar refractivity (Wildman–Crippen MR) is 115 cm³/mol. The first kappa shape index (κ1) is 20.5. The van der Waals surface area contributed by atoms with Crippen molar-refractivity contribution in [3.63, 3.8) is 0 Å². The molecule has 0 bridgehead atoms. The van der Waals surface area contributed by atoms with Gasteiger partial charge in [-0.05, 0) is 30.4 Å². The Kier molecular flexibility index (Phi) is 6.97. The number of aromatic nitrogens is 1. The van der Waals surface area contributed by atoms with Crippen LogP contribution in [0.3, 0.4) is 0 Å². The number of hydrogen-bond acceptors (Lipinski definition) is 4. The lowest BCUT2D eigenvalue weighted by molar-refractivity contribution is 0.0952. The van der Waals surface area contributed by atoms with Crippen LogP contribution in [0.25, 0.3) is 0 Å². The predicted octanol–water partition coefficient (Wildman–Crippen LogP) is 2.68. The Morgan fingerprint density at radius 3 is 2.28 bits per heavy atom. The third-order valence-electron chi connectivity index (χ3n) is 4.35. The van der Waals surface area contributed by atoms with Gasteiger partial charge in [-0.25, -0.2) is 0 Å². The molecule has 0 aliphatic carbocycles. The fourth-order valence-corrected chi connectivity index (χ4v) is 3.65. The molecule has 2 aromatic heterocycles. The van der Waals surface area contributed by atoms with Gasteiger partial charge < -0.3 is 15.2 Å². The molecule has 3 aromatic rings. The quantitative estimate of drug-likeness (QED) is 0.600. The minimum atomic E-state index is -0.561.